The van der Waals surface area contributed by atoms with Crippen LogP contribution in [-0.4, -0.2) is 28.6 Å². The lowest BCUT2D eigenvalue weighted by molar-refractivity contribution is -0.123. The fourth-order valence-electron chi connectivity index (χ4n) is 2.43. The van der Waals surface area contributed by atoms with E-state index < -0.39 is 22.9 Å². The molecule has 2 aromatic rings. The number of imide groups is 1. The normalized spacial score (nSPS) is 15.4. The number of nitrogens with two attached hydrogens (primary N) is 1. The molecule has 2 N–H and O–H groups in total. The van der Waals surface area contributed by atoms with Gasteiger partial charge in [0.2, 0.25) is 0 Å². The summed E-state index contributed by atoms with van der Waals surface area (Å²) in [6.45, 7) is -0.246. The molecular weight excluding hydrogens is 407 g/mol. The van der Waals surface area contributed by atoms with Crippen molar-refractivity contribution in [3.05, 3.63) is 69.3 Å². The lowest BCUT2D eigenvalue weighted by Crippen LogP contribution is -2.27. The van der Waals surface area contributed by atoms with Gasteiger partial charge in [0.15, 0.2) is 6.61 Å². The molecule has 1 aliphatic rings. The molecule has 3 rings (SSSR count). The Kier molecular flexibility index (Phi) is 6.01. The van der Waals surface area contributed by atoms with Crippen LogP contribution < -0.4 is 10.5 Å². The number of carbonyl (C=O) groups is 3. The molecule has 9 heteroatoms. The topological polar surface area (TPSA) is 89.7 Å². The predicted molar refractivity (Wildman–Crippen MR) is 104 cm³/mol. The summed E-state index contributed by atoms with van der Waals surface area (Å²) in [4.78, 5) is 36.9. The Bertz CT molecular complexity index is 978. The first-order valence-electron chi connectivity index (χ1n) is 8.04. The number of thioether (sulfide) groups is 1. The maximum Gasteiger partial charge on any atom is 0.293 e. The smallest absolute Gasteiger partial charge is 0.293 e. The van der Waals surface area contributed by atoms with E-state index in [1.807, 2.05) is 0 Å². The number of amides is 3. The summed E-state index contributed by atoms with van der Waals surface area (Å²) in [5.74, 6) is -1.18. The van der Waals surface area contributed by atoms with Crippen LogP contribution in [0.5, 0.6) is 5.75 Å². The van der Waals surface area contributed by atoms with Gasteiger partial charge in [-0.1, -0.05) is 29.8 Å². The minimum absolute atomic E-state index is 0.0585. The van der Waals surface area contributed by atoms with Gasteiger partial charge in [-0.15, -0.1) is 0 Å². The first kappa shape index (κ1) is 19.9. The van der Waals surface area contributed by atoms with E-state index in [4.69, 9.17) is 22.1 Å². The largest absolute Gasteiger partial charge is 0.482 e. The average Bonchev–Trinajstić information content (AvgIpc) is 2.90. The molecule has 2 aromatic carbocycles. The highest BCUT2D eigenvalue weighted by molar-refractivity contribution is 8.18. The van der Waals surface area contributed by atoms with Gasteiger partial charge in [-0.05, 0) is 53.2 Å². The Morgan fingerprint density at radius 1 is 1.21 bits per heavy atom. The molecule has 1 aliphatic heterocycles. The number of primary amides is 1. The molecule has 3 amide bonds. The first-order valence-corrected chi connectivity index (χ1v) is 9.23. The second kappa shape index (κ2) is 8.45. The molecule has 0 unspecified atom stereocenters. The van der Waals surface area contributed by atoms with E-state index in [2.05, 4.69) is 0 Å². The molecule has 0 aromatic heterocycles. The molecule has 0 radical (unpaired) electrons. The summed E-state index contributed by atoms with van der Waals surface area (Å²) in [7, 11) is 0. The van der Waals surface area contributed by atoms with E-state index in [1.54, 1.807) is 24.3 Å². The van der Waals surface area contributed by atoms with Crippen LogP contribution >= 0.6 is 23.4 Å². The molecule has 0 saturated carbocycles. The molecule has 28 heavy (non-hydrogen) atoms. The maximum atomic E-state index is 13.0. The van der Waals surface area contributed by atoms with Gasteiger partial charge >= 0.3 is 0 Å². The van der Waals surface area contributed by atoms with Crippen molar-refractivity contribution in [3.63, 3.8) is 0 Å². The number of hydrogen-bond acceptors (Lipinski definition) is 5. The average molecular weight is 421 g/mol. The fraction of sp³-hybridized carbons (Fsp3) is 0.105. The van der Waals surface area contributed by atoms with Crippen molar-refractivity contribution >= 4 is 46.5 Å². The van der Waals surface area contributed by atoms with E-state index >= 15 is 0 Å². The van der Waals surface area contributed by atoms with Gasteiger partial charge in [-0.2, -0.15) is 0 Å². The van der Waals surface area contributed by atoms with Crippen LogP contribution in [-0.2, 0) is 16.1 Å². The number of nitrogens with zero attached hydrogens (tertiary/aromatic N) is 1. The van der Waals surface area contributed by atoms with Crippen LogP contribution in [0.4, 0.5) is 9.18 Å². The first-order chi connectivity index (χ1) is 13.3. The quantitative estimate of drug-likeness (QED) is 0.721. The van der Waals surface area contributed by atoms with Crippen LogP contribution in [0.25, 0.3) is 6.08 Å². The molecule has 0 aliphatic carbocycles. The molecule has 6 nitrogen and oxygen atoms in total. The van der Waals surface area contributed by atoms with E-state index in [0.29, 0.717) is 11.1 Å². The number of carbonyl (C=O) groups excluding carboxylic acids is 3. The zero-order valence-corrected chi connectivity index (χ0v) is 15.9. The van der Waals surface area contributed by atoms with Crippen LogP contribution in [0, 0.1) is 5.82 Å². The van der Waals surface area contributed by atoms with E-state index in [9.17, 15) is 18.8 Å². The number of hydrogen-bond donors (Lipinski definition) is 1. The molecule has 144 valence electrons. The molecule has 1 saturated heterocycles. The van der Waals surface area contributed by atoms with Gasteiger partial charge < -0.3 is 10.5 Å². The lowest BCUT2D eigenvalue weighted by Gasteiger charge is -2.12. The number of benzene rings is 2. The Balaban J connectivity index is 1.75. The maximum absolute atomic E-state index is 13.0. The summed E-state index contributed by atoms with van der Waals surface area (Å²) in [6, 6.07) is 10.3. The van der Waals surface area contributed by atoms with Crippen LogP contribution in [0.2, 0.25) is 5.02 Å². The summed E-state index contributed by atoms with van der Waals surface area (Å²) in [5.41, 5.74) is 6.25. The summed E-state index contributed by atoms with van der Waals surface area (Å²) in [5, 5.41) is -0.173. The third-order valence-electron chi connectivity index (χ3n) is 3.75. The van der Waals surface area contributed by atoms with Gasteiger partial charge in [0.05, 0.1) is 16.5 Å². The van der Waals surface area contributed by atoms with E-state index in [-0.39, 0.29) is 28.8 Å². The summed E-state index contributed by atoms with van der Waals surface area (Å²) in [6.07, 6.45) is 1.54. The van der Waals surface area contributed by atoms with Gasteiger partial charge in [-0.25, -0.2) is 4.39 Å². The highest BCUT2D eigenvalue weighted by Crippen LogP contribution is 2.34. The SMILES string of the molecule is NC(=O)COc1ccc(/C=C2\SC(=O)N(Cc3ccc(F)cc3)C2=O)cc1Cl. The Morgan fingerprint density at radius 3 is 2.57 bits per heavy atom. The standard InChI is InChI=1S/C19H14ClFN2O4S/c20-14-7-12(3-6-15(14)27-10-17(22)24)8-16-18(25)23(19(26)28-16)9-11-1-4-13(21)5-2-11/h1-8H,9-10H2,(H2,22,24)/b16-8-. The van der Waals surface area contributed by atoms with Crippen LogP contribution in [0.1, 0.15) is 11.1 Å². The third-order valence-corrected chi connectivity index (χ3v) is 4.95. The Labute approximate surface area is 169 Å². The molecule has 0 atom stereocenters. The molecule has 1 fully saturated rings. The van der Waals surface area contributed by atoms with Crippen molar-refractivity contribution in [3.8, 4) is 5.75 Å². The second-order valence-electron chi connectivity index (χ2n) is 5.84. The van der Waals surface area contributed by atoms with Crippen LogP contribution in [0.15, 0.2) is 47.4 Å². The molecule has 0 spiro atoms. The highest BCUT2D eigenvalue weighted by Gasteiger charge is 2.35. The van der Waals surface area contributed by atoms with Crippen molar-refractivity contribution in [1.29, 1.82) is 0 Å². The van der Waals surface area contributed by atoms with Gasteiger partial charge in [-0.3, -0.25) is 19.3 Å². The van der Waals surface area contributed by atoms with Gasteiger partial charge in [0, 0.05) is 0 Å². The third kappa shape index (κ3) is 4.71. The van der Waals surface area contributed by atoms with E-state index in [1.165, 1.54) is 24.3 Å². The number of rotatable bonds is 6. The van der Waals surface area contributed by atoms with Crippen molar-refractivity contribution < 1.29 is 23.5 Å². The number of ether oxygens (including phenoxy) is 1. The zero-order valence-electron chi connectivity index (χ0n) is 14.4. The zero-order chi connectivity index (χ0) is 20.3. The summed E-state index contributed by atoms with van der Waals surface area (Å²) < 4.78 is 18.2. The fourth-order valence-corrected chi connectivity index (χ4v) is 3.51. The van der Waals surface area contributed by atoms with Gasteiger partial charge in [0.1, 0.15) is 11.6 Å². The number of halogens is 2. The molecule has 0 bridgehead atoms. The second-order valence-corrected chi connectivity index (χ2v) is 7.24. The summed E-state index contributed by atoms with van der Waals surface area (Å²) >= 11 is 6.92. The monoisotopic (exact) mass is 420 g/mol. The van der Waals surface area contributed by atoms with Crippen molar-refractivity contribution in [2.24, 2.45) is 5.73 Å². The van der Waals surface area contributed by atoms with Crippen molar-refractivity contribution in [2.45, 2.75) is 6.54 Å². The lowest BCUT2D eigenvalue weighted by atomic mass is 10.2. The Morgan fingerprint density at radius 2 is 1.93 bits per heavy atom. The molecular formula is C19H14ClFN2O4S. The van der Waals surface area contributed by atoms with Crippen molar-refractivity contribution in [1.82, 2.24) is 4.90 Å². The Hall–Kier alpha value is -2.84. The predicted octanol–water partition coefficient (Wildman–Crippen LogP) is 3.58. The molecule has 1 heterocycles. The highest BCUT2D eigenvalue weighted by atomic mass is 35.5. The van der Waals surface area contributed by atoms with E-state index in [0.717, 1.165) is 16.7 Å². The van der Waals surface area contributed by atoms with Crippen LogP contribution in [0.3, 0.4) is 0 Å². The minimum Gasteiger partial charge on any atom is -0.482 e. The van der Waals surface area contributed by atoms with Gasteiger partial charge in [0.25, 0.3) is 17.1 Å². The van der Waals surface area contributed by atoms with Crippen molar-refractivity contribution in [2.75, 3.05) is 6.61 Å². The minimum atomic E-state index is -0.630.